The number of halogens is 1. The van der Waals surface area contributed by atoms with Crippen LogP contribution in [0.3, 0.4) is 0 Å². The lowest BCUT2D eigenvalue weighted by Gasteiger charge is -2.29. The lowest BCUT2D eigenvalue weighted by atomic mass is 9.98. The van der Waals surface area contributed by atoms with Gasteiger partial charge in [0.15, 0.2) is 0 Å². The number of amides is 2. The first-order valence-corrected chi connectivity index (χ1v) is 8.93. The Bertz CT molecular complexity index is 714. The van der Waals surface area contributed by atoms with E-state index in [9.17, 15) is 14.0 Å². The average Bonchev–Trinajstić information content (AvgIpc) is 3.20. The van der Waals surface area contributed by atoms with Crippen LogP contribution in [0.4, 0.5) is 4.39 Å². The van der Waals surface area contributed by atoms with Crippen molar-refractivity contribution in [3.8, 4) is 5.75 Å². The van der Waals surface area contributed by atoms with Crippen LogP contribution in [-0.4, -0.2) is 60.9 Å². The van der Waals surface area contributed by atoms with Gasteiger partial charge in [-0.1, -0.05) is 0 Å². The number of fused-ring (bicyclic) bond motifs is 1. The second kappa shape index (κ2) is 8.31. The predicted octanol–water partition coefficient (Wildman–Crippen LogP) is 1.50. The van der Waals surface area contributed by atoms with Gasteiger partial charge in [0, 0.05) is 37.3 Å². The van der Waals surface area contributed by atoms with E-state index in [-0.39, 0.29) is 31.5 Å². The third kappa shape index (κ3) is 4.04. The summed E-state index contributed by atoms with van der Waals surface area (Å²) in [4.78, 5) is 28.4. The summed E-state index contributed by atoms with van der Waals surface area (Å²) in [5.74, 6) is 0.467. The van der Waals surface area contributed by atoms with Gasteiger partial charge >= 0.3 is 0 Å². The van der Waals surface area contributed by atoms with Gasteiger partial charge in [0.25, 0.3) is 5.91 Å². The maximum absolute atomic E-state index is 12.7. The van der Waals surface area contributed by atoms with Crippen LogP contribution in [0.15, 0.2) is 30.1 Å². The van der Waals surface area contributed by atoms with Crippen molar-refractivity contribution in [2.75, 3.05) is 39.3 Å². The maximum Gasteiger partial charge on any atom is 0.254 e. The summed E-state index contributed by atoms with van der Waals surface area (Å²) in [6.07, 6.45) is 3.19. The molecule has 1 saturated heterocycles. The third-order valence-corrected chi connectivity index (χ3v) is 4.87. The van der Waals surface area contributed by atoms with Crippen molar-refractivity contribution >= 4 is 11.8 Å². The van der Waals surface area contributed by atoms with Gasteiger partial charge in [-0.2, -0.15) is 0 Å². The molecule has 2 amide bonds. The van der Waals surface area contributed by atoms with Crippen LogP contribution < -0.4 is 10.5 Å². The molecule has 140 valence electrons. The summed E-state index contributed by atoms with van der Waals surface area (Å²) < 4.78 is 18.1. The van der Waals surface area contributed by atoms with Gasteiger partial charge in [0.2, 0.25) is 5.91 Å². The van der Waals surface area contributed by atoms with Gasteiger partial charge in [-0.3, -0.25) is 9.59 Å². The Morgan fingerprint density at radius 3 is 2.73 bits per heavy atom. The van der Waals surface area contributed by atoms with E-state index in [0.29, 0.717) is 36.2 Å². The molecule has 2 aliphatic rings. The number of ether oxygens (including phenoxy) is 1. The fraction of sp³-hybridized carbons (Fsp3) is 0.474. The second-order valence-corrected chi connectivity index (χ2v) is 6.64. The Morgan fingerprint density at radius 1 is 1.27 bits per heavy atom. The Balaban J connectivity index is 1.64. The molecule has 1 aromatic carbocycles. The molecule has 2 aliphatic heterocycles. The van der Waals surface area contributed by atoms with E-state index in [1.807, 2.05) is 4.90 Å². The zero-order valence-electron chi connectivity index (χ0n) is 14.7. The second-order valence-electron chi connectivity index (χ2n) is 6.64. The van der Waals surface area contributed by atoms with Crippen LogP contribution in [0, 0.1) is 0 Å². The van der Waals surface area contributed by atoms with Crippen LogP contribution in [0.5, 0.6) is 5.75 Å². The van der Waals surface area contributed by atoms with Crippen LogP contribution in [0.1, 0.15) is 28.8 Å². The molecule has 7 heteroatoms. The van der Waals surface area contributed by atoms with Crippen LogP contribution in [0.25, 0.3) is 0 Å². The summed E-state index contributed by atoms with van der Waals surface area (Å²) in [7, 11) is 0. The topological polar surface area (TPSA) is 75.9 Å². The molecule has 1 fully saturated rings. The standard InChI is InChI=1S/C19H24FN3O3/c20-10-14(11-21)13-26-16-3-4-17-15(9-16)5-8-23(19(17)25)12-18(24)22-6-1-2-7-22/h3-4,9-10H,1-2,5-8,11-13,21H2/b14-10-. The number of hydrogen-bond donors (Lipinski definition) is 1. The monoisotopic (exact) mass is 361 g/mol. The molecule has 0 spiro atoms. The van der Waals surface area contributed by atoms with Crippen molar-refractivity contribution in [1.82, 2.24) is 9.80 Å². The molecular formula is C19H24FN3O3. The molecule has 1 aromatic rings. The number of nitrogens with two attached hydrogens (primary N) is 1. The first-order valence-electron chi connectivity index (χ1n) is 8.93. The Hall–Kier alpha value is -2.41. The molecule has 0 radical (unpaired) electrons. The smallest absolute Gasteiger partial charge is 0.254 e. The van der Waals surface area contributed by atoms with E-state index < -0.39 is 0 Å². The van der Waals surface area contributed by atoms with Crippen molar-refractivity contribution in [2.45, 2.75) is 19.3 Å². The highest BCUT2D eigenvalue weighted by Gasteiger charge is 2.28. The van der Waals surface area contributed by atoms with E-state index in [4.69, 9.17) is 10.5 Å². The number of benzene rings is 1. The van der Waals surface area contributed by atoms with Crippen molar-refractivity contribution in [3.05, 3.63) is 41.2 Å². The lowest BCUT2D eigenvalue weighted by Crippen LogP contribution is -2.45. The quantitative estimate of drug-likeness (QED) is 0.833. The zero-order valence-corrected chi connectivity index (χ0v) is 14.7. The number of carbonyl (C=O) groups is 2. The molecule has 6 nitrogen and oxygen atoms in total. The van der Waals surface area contributed by atoms with Crippen molar-refractivity contribution in [3.63, 3.8) is 0 Å². The molecular weight excluding hydrogens is 337 g/mol. The first kappa shape index (κ1) is 18.4. The fourth-order valence-electron chi connectivity index (χ4n) is 3.29. The van der Waals surface area contributed by atoms with Crippen molar-refractivity contribution in [2.24, 2.45) is 5.73 Å². The largest absolute Gasteiger partial charge is 0.489 e. The molecule has 0 aromatic heterocycles. The number of likely N-dealkylation sites (tertiary alicyclic amines) is 1. The molecule has 2 N–H and O–H groups in total. The Labute approximate surface area is 152 Å². The molecule has 0 saturated carbocycles. The SMILES string of the molecule is NC/C(=C/F)COc1ccc2c(c1)CCN(CC(=O)N1CCCC1)C2=O. The minimum Gasteiger partial charge on any atom is -0.489 e. The van der Waals surface area contributed by atoms with Gasteiger partial charge in [-0.25, -0.2) is 4.39 Å². The third-order valence-electron chi connectivity index (χ3n) is 4.87. The molecule has 0 atom stereocenters. The highest BCUT2D eigenvalue weighted by Crippen LogP contribution is 2.24. The van der Waals surface area contributed by atoms with Crippen molar-refractivity contribution in [1.29, 1.82) is 0 Å². The van der Waals surface area contributed by atoms with Gasteiger partial charge in [0.05, 0.1) is 6.33 Å². The number of rotatable bonds is 6. The number of nitrogens with zero attached hydrogens (tertiary/aromatic N) is 2. The fourth-order valence-corrected chi connectivity index (χ4v) is 3.29. The molecule has 26 heavy (non-hydrogen) atoms. The van der Waals surface area contributed by atoms with Crippen LogP contribution in [-0.2, 0) is 11.2 Å². The van der Waals surface area contributed by atoms with E-state index in [1.165, 1.54) is 0 Å². The van der Waals surface area contributed by atoms with Gasteiger partial charge < -0.3 is 20.3 Å². The van der Waals surface area contributed by atoms with Crippen LogP contribution >= 0.6 is 0 Å². The summed E-state index contributed by atoms with van der Waals surface area (Å²) >= 11 is 0. The zero-order chi connectivity index (χ0) is 18.5. The lowest BCUT2D eigenvalue weighted by molar-refractivity contribution is -0.130. The first-order chi connectivity index (χ1) is 12.6. The summed E-state index contributed by atoms with van der Waals surface area (Å²) in [5.41, 5.74) is 7.25. The molecule has 0 bridgehead atoms. The molecule has 0 unspecified atom stereocenters. The van der Waals surface area contributed by atoms with Gasteiger partial charge in [-0.15, -0.1) is 0 Å². The normalized spacial score (nSPS) is 17.5. The van der Waals surface area contributed by atoms with E-state index in [1.54, 1.807) is 23.1 Å². The summed E-state index contributed by atoms with van der Waals surface area (Å²) in [6, 6.07) is 5.20. The van der Waals surface area contributed by atoms with Crippen molar-refractivity contribution < 1.29 is 18.7 Å². The number of hydrogen-bond acceptors (Lipinski definition) is 4. The highest BCUT2D eigenvalue weighted by molar-refractivity contribution is 5.98. The Kier molecular flexibility index (Phi) is 5.88. The average molecular weight is 361 g/mol. The van der Waals surface area contributed by atoms with E-state index in [2.05, 4.69) is 0 Å². The molecule has 2 heterocycles. The minimum absolute atomic E-state index is 0.0200. The van der Waals surface area contributed by atoms with Gasteiger partial charge in [0.1, 0.15) is 18.9 Å². The summed E-state index contributed by atoms with van der Waals surface area (Å²) in [6.45, 7) is 2.40. The van der Waals surface area contributed by atoms with E-state index in [0.717, 1.165) is 31.5 Å². The van der Waals surface area contributed by atoms with Gasteiger partial charge in [-0.05, 0) is 43.0 Å². The maximum atomic E-state index is 12.7. The molecule has 3 rings (SSSR count). The number of carbonyl (C=O) groups excluding carboxylic acids is 2. The Morgan fingerprint density at radius 2 is 2.04 bits per heavy atom. The van der Waals surface area contributed by atoms with E-state index >= 15 is 0 Å². The summed E-state index contributed by atoms with van der Waals surface area (Å²) in [5, 5.41) is 0. The minimum atomic E-state index is -0.128. The predicted molar refractivity (Wildman–Crippen MR) is 95.6 cm³/mol. The molecule has 0 aliphatic carbocycles. The highest BCUT2D eigenvalue weighted by atomic mass is 19.1. The van der Waals surface area contributed by atoms with Crippen LogP contribution in [0.2, 0.25) is 0 Å².